The Morgan fingerprint density at radius 1 is 1.12 bits per heavy atom. The van der Waals surface area contributed by atoms with Gasteiger partial charge in [0.15, 0.2) is 0 Å². The van der Waals surface area contributed by atoms with Gasteiger partial charge >= 0.3 is 0 Å². The van der Waals surface area contributed by atoms with Gasteiger partial charge in [-0.1, -0.05) is 12.1 Å². The average Bonchev–Trinajstić information content (AvgIpc) is 2.40. The number of hydrogen-bond acceptors (Lipinski definition) is 4. The molecule has 0 radical (unpaired) electrons. The molecule has 2 N–H and O–H groups in total. The lowest BCUT2D eigenvalue weighted by atomic mass is 10.1. The summed E-state index contributed by atoms with van der Waals surface area (Å²) in [6.45, 7) is 1.10. The summed E-state index contributed by atoms with van der Waals surface area (Å²) >= 11 is 0. The van der Waals surface area contributed by atoms with Gasteiger partial charge in [-0.15, -0.1) is 0 Å². The monoisotopic (exact) mass is 229 g/mol. The van der Waals surface area contributed by atoms with Gasteiger partial charge in [0.05, 0.1) is 11.9 Å². The molecule has 2 rings (SSSR count). The third-order valence-corrected chi connectivity index (χ3v) is 2.36. The number of aromatic nitrogens is 2. The molecule has 0 bridgehead atoms. The van der Waals surface area contributed by atoms with E-state index in [2.05, 4.69) is 9.97 Å². The maximum absolute atomic E-state index is 5.59. The summed E-state index contributed by atoms with van der Waals surface area (Å²) in [4.78, 5) is 8.12. The molecule has 0 aliphatic rings. The minimum Gasteiger partial charge on any atom is -0.487 e. The van der Waals surface area contributed by atoms with Crippen LogP contribution in [0.2, 0.25) is 0 Å². The third kappa shape index (κ3) is 3.53. The van der Waals surface area contributed by atoms with E-state index >= 15 is 0 Å². The molecule has 17 heavy (non-hydrogen) atoms. The van der Waals surface area contributed by atoms with Gasteiger partial charge in [-0.25, -0.2) is 0 Å². The second-order valence-corrected chi connectivity index (χ2v) is 3.67. The van der Waals surface area contributed by atoms with Crippen LogP contribution in [0.5, 0.6) is 5.75 Å². The first-order chi connectivity index (χ1) is 8.38. The van der Waals surface area contributed by atoms with Crippen LogP contribution >= 0.6 is 0 Å². The first-order valence-electron chi connectivity index (χ1n) is 5.55. The first kappa shape index (κ1) is 11.5. The molecule has 0 saturated carbocycles. The molecule has 4 heteroatoms. The number of rotatable bonds is 5. The van der Waals surface area contributed by atoms with Crippen LogP contribution in [0.1, 0.15) is 11.3 Å². The summed E-state index contributed by atoms with van der Waals surface area (Å²) < 4.78 is 5.59. The standard InChI is InChI=1S/C13H15N3O/c14-6-5-11-1-3-13(4-2-11)17-10-12-9-15-7-8-16-12/h1-4,7-9H,5-6,10,14H2. The molecule has 0 unspecified atom stereocenters. The summed E-state index contributed by atoms with van der Waals surface area (Å²) in [6.07, 6.45) is 5.89. The summed E-state index contributed by atoms with van der Waals surface area (Å²) in [5.41, 5.74) is 7.53. The maximum Gasteiger partial charge on any atom is 0.132 e. The van der Waals surface area contributed by atoms with Crippen LogP contribution in [0.15, 0.2) is 42.9 Å². The summed E-state index contributed by atoms with van der Waals surface area (Å²) in [5, 5.41) is 0. The van der Waals surface area contributed by atoms with Crippen molar-refractivity contribution in [2.75, 3.05) is 6.54 Å². The second-order valence-electron chi connectivity index (χ2n) is 3.67. The van der Waals surface area contributed by atoms with Crippen LogP contribution in [0.25, 0.3) is 0 Å². The van der Waals surface area contributed by atoms with Crippen molar-refractivity contribution in [3.63, 3.8) is 0 Å². The van der Waals surface area contributed by atoms with Gasteiger partial charge in [-0.05, 0) is 30.7 Å². The van der Waals surface area contributed by atoms with E-state index in [0.29, 0.717) is 13.2 Å². The van der Waals surface area contributed by atoms with Crippen LogP contribution in [-0.2, 0) is 13.0 Å². The smallest absolute Gasteiger partial charge is 0.132 e. The van der Waals surface area contributed by atoms with E-state index < -0.39 is 0 Å². The molecule has 4 nitrogen and oxygen atoms in total. The SMILES string of the molecule is NCCc1ccc(OCc2cnccn2)cc1. The number of ether oxygens (including phenoxy) is 1. The van der Waals surface area contributed by atoms with Gasteiger partial charge in [0.1, 0.15) is 12.4 Å². The third-order valence-electron chi connectivity index (χ3n) is 2.36. The number of nitrogens with zero attached hydrogens (tertiary/aromatic N) is 2. The Kier molecular flexibility index (Phi) is 4.05. The van der Waals surface area contributed by atoms with Crippen LogP contribution < -0.4 is 10.5 Å². The molecule has 0 spiro atoms. The molecule has 2 aromatic rings. The Balaban J connectivity index is 1.91. The maximum atomic E-state index is 5.59. The van der Waals surface area contributed by atoms with Gasteiger partial charge in [0.2, 0.25) is 0 Å². The van der Waals surface area contributed by atoms with Crippen molar-refractivity contribution in [1.29, 1.82) is 0 Å². The van der Waals surface area contributed by atoms with Crippen molar-refractivity contribution in [3.8, 4) is 5.75 Å². The lowest BCUT2D eigenvalue weighted by Gasteiger charge is -2.06. The highest BCUT2D eigenvalue weighted by Crippen LogP contribution is 2.13. The molecule has 0 aliphatic carbocycles. The number of benzene rings is 1. The van der Waals surface area contributed by atoms with E-state index in [1.54, 1.807) is 18.6 Å². The van der Waals surface area contributed by atoms with Crippen molar-refractivity contribution in [1.82, 2.24) is 9.97 Å². The van der Waals surface area contributed by atoms with Crippen LogP contribution in [0, 0.1) is 0 Å². The fraction of sp³-hybridized carbons (Fsp3) is 0.231. The highest BCUT2D eigenvalue weighted by molar-refractivity contribution is 5.27. The Hall–Kier alpha value is -1.94. The first-order valence-corrected chi connectivity index (χ1v) is 5.55. The van der Waals surface area contributed by atoms with Crippen molar-refractivity contribution in [2.24, 2.45) is 5.73 Å². The Morgan fingerprint density at radius 3 is 2.59 bits per heavy atom. The molecule has 0 atom stereocenters. The highest BCUT2D eigenvalue weighted by atomic mass is 16.5. The highest BCUT2D eigenvalue weighted by Gasteiger charge is 1.97. The summed E-state index contributed by atoms with van der Waals surface area (Å²) in [6, 6.07) is 7.94. The largest absolute Gasteiger partial charge is 0.487 e. The van der Waals surface area contributed by atoms with Crippen LogP contribution in [-0.4, -0.2) is 16.5 Å². The second kappa shape index (κ2) is 5.96. The van der Waals surface area contributed by atoms with Crippen molar-refractivity contribution >= 4 is 0 Å². The van der Waals surface area contributed by atoms with Crippen molar-refractivity contribution in [3.05, 3.63) is 54.1 Å². The molecule has 0 aliphatic heterocycles. The molecule has 88 valence electrons. The van der Waals surface area contributed by atoms with Gasteiger partial charge in [-0.2, -0.15) is 0 Å². The molecule has 1 aromatic heterocycles. The average molecular weight is 229 g/mol. The van der Waals surface area contributed by atoms with E-state index in [0.717, 1.165) is 17.9 Å². The molecule has 0 saturated heterocycles. The Labute approximate surface area is 100 Å². The molecular weight excluding hydrogens is 214 g/mol. The van der Waals surface area contributed by atoms with E-state index in [1.807, 2.05) is 24.3 Å². The fourth-order valence-corrected chi connectivity index (χ4v) is 1.48. The lowest BCUT2D eigenvalue weighted by molar-refractivity contribution is 0.300. The zero-order valence-corrected chi connectivity index (χ0v) is 9.54. The van der Waals surface area contributed by atoms with Gasteiger partial charge in [0.25, 0.3) is 0 Å². The molecule has 1 aromatic carbocycles. The topological polar surface area (TPSA) is 61.0 Å². The molecular formula is C13H15N3O. The Bertz CT molecular complexity index is 442. The Morgan fingerprint density at radius 2 is 1.94 bits per heavy atom. The zero-order valence-electron chi connectivity index (χ0n) is 9.54. The number of nitrogens with two attached hydrogens (primary N) is 1. The van der Waals surface area contributed by atoms with E-state index in [9.17, 15) is 0 Å². The predicted octanol–water partition coefficient (Wildman–Crippen LogP) is 1.56. The molecule has 1 heterocycles. The number of hydrogen-bond donors (Lipinski definition) is 1. The minimum absolute atomic E-state index is 0.435. The van der Waals surface area contributed by atoms with E-state index in [1.165, 1.54) is 5.56 Å². The minimum atomic E-state index is 0.435. The predicted molar refractivity (Wildman–Crippen MR) is 65.6 cm³/mol. The molecule has 0 amide bonds. The summed E-state index contributed by atoms with van der Waals surface area (Å²) in [5.74, 6) is 0.830. The van der Waals surface area contributed by atoms with Crippen molar-refractivity contribution in [2.45, 2.75) is 13.0 Å². The van der Waals surface area contributed by atoms with E-state index in [4.69, 9.17) is 10.5 Å². The zero-order chi connectivity index (χ0) is 11.9. The van der Waals surface area contributed by atoms with Gasteiger partial charge < -0.3 is 10.5 Å². The van der Waals surface area contributed by atoms with Gasteiger partial charge in [0, 0.05) is 12.4 Å². The van der Waals surface area contributed by atoms with Crippen LogP contribution in [0.3, 0.4) is 0 Å². The quantitative estimate of drug-likeness (QED) is 0.845. The normalized spacial score (nSPS) is 10.2. The lowest BCUT2D eigenvalue weighted by Crippen LogP contribution is -2.02. The van der Waals surface area contributed by atoms with Crippen LogP contribution in [0.4, 0.5) is 0 Å². The van der Waals surface area contributed by atoms with Gasteiger partial charge in [-0.3, -0.25) is 9.97 Å². The summed E-state index contributed by atoms with van der Waals surface area (Å²) in [7, 11) is 0. The fourth-order valence-electron chi connectivity index (χ4n) is 1.48. The molecule has 0 fully saturated rings. The van der Waals surface area contributed by atoms with Crippen molar-refractivity contribution < 1.29 is 4.74 Å². The van der Waals surface area contributed by atoms with E-state index in [-0.39, 0.29) is 0 Å².